The summed E-state index contributed by atoms with van der Waals surface area (Å²) in [5.74, 6) is 0.337. The fourth-order valence-corrected chi connectivity index (χ4v) is 3.40. The van der Waals surface area contributed by atoms with Crippen LogP contribution in [0.5, 0.6) is 0 Å². The molecular weight excluding hydrogens is 296 g/mol. The Balaban J connectivity index is 2.04. The highest BCUT2D eigenvalue weighted by Gasteiger charge is 2.26. The summed E-state index contributed by atoms with van der Waals surface area (Å²) in [6.45, 7) is 0. The fourth-order valence-electron chi connectivity index (χ4n) is 2.83. The molecule has 1 fully saturated rings. The summed E-state index contributed by atoms with van der Waals surface area (Å²) in [4.78, 5) is 16.7. The third-order valence-corrected chi connectivity index (χ3v) is 4.48. The van der Waals surface area contributed by atoms with Crippen molar-refractivity contribution in [3.8, 4) is 0 Å². The number of halogens is 1. The van der Waals surface area contributed by atoms with E-state index in [1.807, 2.05) is 12.1 Å². The van der Waals surface area contributed by atoms with Crippen molar-refractivity contribution in [1.29, 1.82) is 0 Å². The predicted molar refractivity (Wildman–Crippen MR) is 73.5 cm³/mol. The van der Waals surface area contributed by atoms with Crippen molar-refractivity contribution < 1.29 is 5.11 Å². The van der Waals surface area contributed by atoms with Gasteiger partial charge >= 0.3 is 5.69 Å². The summed E-state index contributed by atoms with van der Waals surface area (Å²) < 4.78 is 0.852. The van der Waals surface area contributed by atoms with Gasteiger partial charge in [-0.25, -0.2) is 4.79 Å². The quantitative estimate of drug-likeness (QED) is 0.798. The zero-order valence-corrected chi connectivity index (χ0v) is 11.5. The lowest BCUT2D eigenvalue weighted by atomic mass is 9.94. The Kier molecular flexibility index (Phi) is 3.03. The summed E-state index contributed by atoms with van der Waals surface area (Å²) in [5, 5.41) is 10.4. The average molecular weight is 311 g/mol. The van der Waals surface area contributed by atoms with Crippen molar-refractivity contribution >= 4 is 27.0 Å². The summed E-state index contributed by atoms with van der Waals surface area (Å²) >= 11 is 3.48. The summed E-state index contributed by atoms with van der Waals surface area (Å²) in [6.07, 6.45) is 4.10. The number of aliphatic hydroxyl groups excluding tert-OH is 1. The van der Waals surface area contributed by atoms with Crippen LogP contribution >= 0.6 is 15.9 Å². The Morgan fingerprint density at radius 2 is 1.83 bits per heavy atom. The molecule has 18 heavy (non-hydrogen) atoms. The number of hydrogen-bond donors (Lipinski definition) is 3. The molecule has 1 saturated carbocycles. The molecule has 1 atom stereocenters. The molecule has 1 aromatic heterocycles. The Morgan fingerprint density at radius 1 is 1.22 bits per heavy atom. The van der Waals surface area contributed by atoms with Crippen molar-refractivity contribution in [2.75, 3.05) is 0 Å². The lowest BCUT2D eigenvalue weighted by molar-refractivity contribution is 0.111. The van der Waals surface area contributed by atoms with Gasteiger partial charge in [0.2, 0.25) is 0 Å². The van der Waals surface area contributed by atoms with Crippen LogP contribution in [0.25, 0.3) is 11.0 Å². The minimum absolute atomic E-state index is 0.218. The Morgan fingerprint density at radius 3 is 2.50 bits per heavy atom. The summed E-state index contributed by atoms with van der Waals surface area (Å²) in [6, 6.07) is 3.71. The van der Waals surface area contributed by atoms with E-state index in [1.54, 1.807) is 0 Å². The normalized spacial score (nSPS) is 18.6. The molecule has 2 aromatic rings. The van der Waals surface area contributed by atoms with Gasteiger partial charge in [-0.1, -0.05) is 28.8 Å². The minimum atomic E-state index is -0.454. The molecule has 5 heteroatoms. The number of aromatic amines is 2. The van der Waals surface area contributed by atoms with Crippen molar-refractivity contribution in [2.45, 2.75) is 31.8 Å². The number of aliphatic hydroxyl groups is 1. The van der Waals surface area contributed by atoms with E-state index in [-0.39, 0.29) is 5.69 Å². The van der Waals surface area contributed by atoms with Crippen LogP contribution in [0.15, 0.2) is 21.4 Å². The molecule has 1 heterocycles. The molecule has 1 aliphatic rings. The highest BCUT2D eigenvalue weighted by atomic mass is 79.9. The number of imidazole rings is 1. The van der Waals surface area contributed by atoms with E-state index in [1.165, 1.54) is 12.8 Å². The van der Waals surface area contributed by atoms with Crippen molar-refractivity contribution in [2.24, 2.45) is 5.92 Å². The second-order valence-corrected chi connectivity index (χ2v) is 5.84. The molecule has 0 spiro atoms. The molecule has 96 valence electrons. The highest BCUT2D eigenvalue weighted by molar-refractivity contribution is 9.10. The third kappa shape index (κ3) is 2.01. The zero-order chi connectivity index (χ0) is 12.7. The van der Waals surface area contributed by atoms with Gasteiger partial charge in [-0.05, 0) is 36.5 Å². The standard InChI is InChI=1S/C13H15BrN2O2/c14-9-6-11-10(15-13(18)16-11)5-8(9)12(17)7-3-1-2-4-7/h5-7,12,17H,1-4H2,(H2,15,16,18). The number of benzene rings is 1. The molecule has 0 bridgehead atoms. The van der Waals surface area contributed by atoms with Gasteiger partial charge < -0.3 is 15.1 Å². The maximum Gasteiger partial charge on any atom is 0.323 e. The van der Waals surface area contributed by atoms with Gasteiger partial charge in [-0.2, -0.15) is 0 Å². The summed E-state index contributed by atoms with van der Waals surface area (Å²) in [5.41, 5.74) is 2.15. The molecule has 0 saturated heterocycles. The van der Waals surface area contributed by atoms with Gasteiger partial charge in [0.15, 0.2) is 0 Å². The van der Waals surface area contributed by atoms with Gasteiger partial charge in [0.25, 0.3) is 0 Å². The van der Waals surface area contributed by atoms with Crippen molar-refractivity contribution in [1.82, 2.24) is 9.97 Å². The number of H-pyrrole nitrogens is 2. The Hall–Kier alpha value is -1.07. The fraction of sp³-hybridized carbons (Fsp3) is 0.462. The van der Waals surface area contributed by atoms with Gasteiger partial charge in [0, 0.05) is 4.47 Å². The monoisotopic (exact) mass is 310 g/mol. The second-order valence-electron chi connectivity index (χ2n) is 4.99. The molecule has 3 rings (SSSR count). The molecule has 0 radical (unpaired) electrons. The number of nitrogens with one attached hydrogen (secondary N) is 2. The first-order valence-electron chi connectivity index (χ1n) is 6.24. The molecule has 1 aromatic carbocycles. The SMILES string of the molecule is O=c1[nH]c2cc(Br)c(C(O)C3CCCC3)cc2[nH]1. The largest absolute Gasteiger partial charge is 0.388 e. The van der Waals surface area contributed by atoms with E-state index in [2.05, 4.69) is 25.9 Å². The van der Waals surface area contributed by atoms with Gasteiger partial charge in [0.05, 0.1) is 17.1 Å². The maximum atomic E-state index is 11.2. The third-order valence-electron chi connectivity index (χ3n) is 3.80. The van der Waals surface area contributed by atoms with Gasteiger partial charge in [0.1, 0.15) is 0 Å². The van der Waals surface area contributed by atoms with Crippen molar-refractivity contribution in [3.05, 3.63) is 32.7 Å². The topological polar surface area (TPSA) is 68.9 Å². The number of aromatic nitrogens is 2. The minimum Gasteiger partial charge on any atom is -0.388 e. The highest BCUT2D eigenvalue weighted by Crippen LogP contribution is 2.38. The Labute approximate surface area is 113 Å². The molecule has 0 amide bonds. The summed E-state index contributed by atoms with van der Waals surface area (Å²) in [7, 11) is 0. The van der Waals surface area contributed by atoms with Crippen LogP contribution in [0.4, 0.5) is 0 Å². The molecule has 4 nitrogen and oxygen atoms in total. The number of hydrogen-bond acceptors (Lipinski definition) is 2. The molecule has 3 N–H and O–H groups in total. The Bertz CT molecular complexity index is 625. The van der Waals surface area contributed by atoms with Gasteiger partial charge in [-0.3, -0.25) is 0 Å². The van der Waals surface area contributed by atoms with E-state index >= 15 is 0 Å². The molecular formula is C13H15BrN2O2. The van der Waals surface area contributed by atoms with Crippen LogP contribution in [0.1, 0.15) is 37.4 Å². The molecule has 0 aliphatic heterocycles. The lowest BCUT2D eigenvalue weighted by Crippen LogP contribution is -2.09. The smallest absolute Gasteiger partial charge is 0.323 e. The zero-order valence-electron chi connectivity index (χ0n) is 9.87. The average Bonchev–Trinajstić information content (AvgIpc) is 2.94. The van der Waals surface area contributed by atoms with Crippen LogP contribution in [0.3, 0.4) is 0 Å². The lowest BCUT2D eigenvalue weighted by Gasteiger charge is -2.19. The first-order valence-corrected chi connectivity index (χ1v) is 7.04. The number of rotatable bonds is 2. The number of fused-ring (bicyclic) bond motifs is 1. The first-order chi connectivity index (χ1) is 8.65. The molecule has 1 aliphatic carbocycles. The van der Waals surface area contributed by atoms with E-state index < -0.39 is 6.10 Å². The second kappa shape index (κ2) is 4.55. The predicted octanol–water partition coefficient (Wildman–Crippen LogP) is 2.84. The van der Waals surface area contributed by atoms with Gasteiger partial charge in [-0.15, -0.1) is 0 Å². The molecule has 1 unspecified atom stereocenters. The first kappa shape index (κ1) is 12.0. The van der Waals surface area contributed by atoms with Crippen LogP contribution in [-0.4, -0.2) is 15.1 Å². The van der Waals surface area contributed by atoms with E-state index in [4.69, 9.17) is 0 Å². The van der Waals surface area contributed by atoms with Crippen LogP contribution in [0.2, 0.25) is 0 Å². The van der Waals surface area contributed by atoms with Crippen LogP contribution in [-0.2, 0) is 0 Å². The van der Waals surface area contributed by atoms with Crippen LogP contribution < -0.4 is 5.69 Å². The van der Waals surface area contributed by atoms with E-state index in [0.717, 1.165) is 33.9 Å². The van der Waals surface area contributed by atoms with E-state index in [0.29, 0.717) is 5.92 Å². The maximum absolute atomic E-state index is 11.2. The van der Waals surface area contributed by atoms with Crippen LogP contribution in [0, 0.1) is 5.92 Å². The van der Waals surface area contributed by atoms with Crippen molar-refractivity contribution in [3.63, 3.8) is 0 Å². The van der Waals surface area contributed by atoms with E-state index in [9.17, 15) is 9.90 Å².